The van der Waals surface area contributed by atoms with Crippen LogP contribution in [0.1, 0.15) is 20.3 Å². The van der Waals surface area contributed by atoms with Crippen molar-refractivity contribution in [2.75, 3.05) is 23.8 Å². The van der Waals surface area contributed by atoms with Crippen LogP contribution in [-0.4, -0.2) is 68.8 Å². The van der Waals surface area contributed by atoms with Crippen molar-refractivity contribution in [3.05, 3.63) is 46.9 Å². The Morgan fingerprint density at radius 1 is 1.31 bits per heavy atom. The lowest BCUT2D eigenvalue weighted by molar-refractivity contribution is -0.130. The van der Waals surface area contributed by atoms with Crippen molar-refractivity contribution in [1.82, 2.24) is 24.6 Å². The molecule has 9 nitrogen and oxygen atoms in total. The zero-order valence-corrected chi connectivity index (χ0v) is 19.5. The second-order valence-electron chi connectivity index (χ2n) is 8.29. The van der Waals surface area contributed by atoms with Gasteiger partial charge in [-0.2, -0.15) is 5.10 Å². The quantitative estimate of drug-likeness (QED) is 0.409. The Morgan fingerprint density at radius 2 is 2.06 bits per heavy atom. The molecule has 1 saturated heterocycles. The highest BCUT2D eigenvalue weighted by Crippen LogP contribution is 2.22. The Kier molecular flexibility index (Phi) is 6.38. The van der Waals surface area contributed by atoms with E-state index in [1.165, 1.54) is 6.20 Å². The SMILES string of the molecule is CC(C)CN(C(=O)CSc1nc2c(cnn2-c2ccccc2)c(=O)[nH]1)C1CCS(=O)(=O)C1. The highest BCUT2D eigenvalue weighted by Gasteiger charge is 2.34. The van der Waals surface area contributed by atoms with Crippen LogP contribution in [0.5, 0.6) is 0 Å². The number of nitrogens with zero attached hydrogens (tertiary/aromatic N) is 4. The molecule has 170 valence electrons. The molecule has 2 aromatic heterocycles. The van der Waals surface area contributed by atoms with Gasteiger partial charge in [0.25, 0.3) is 5.56 Å². The first kappa shape index (κ1) is 22.5. The lowest BCUT2D eigenvalue weighted by atomic mass is 10.1. The van der Waals surface area contributed by atoms with Crippen LogP contribution in [0.3, 0.4) is 0 Å². The van der Waals surface area contributed by atoms with Gasteiger partial charge in [-0.25, -0.2) is 18.1 Å². The van der Waals surface area contributed by atoms with Crippen molar-refractivity contribution >= 4 is 38.5 Å². The normalized spacial score (nSPS) is 17.8. The van der Waals surface area contributed by atoms with Gasteiger partial charge in [-0.05, 0) is 24.5 Å². The third kappa shape index (κ3) is 4.88. The minimum absolute atomic E-state index is 0.00737. The highest BCUT2D eigenvalue weighted by molar-refractivity contribution is 7.99. The van der Waals surface area contributed by atoms with E-state index in [0.29, 0.717) is 29.2 Å². The predicted octanol–water partition coefficient (Wildman–Crippen LogP) is 1.87. The molecule has 0 bridgehead atoms. The number of nitrogens with one attached hydrogen (secondary N) is 1. The zero-order valence-electron chi connectivity index (χ0n) is 17.9. The smallest absolute Gasteiger partial charge is 0.262 e. The Morgan fingerprint density at radius 3 is 2.72 bits per heavy atom. The maximum absolute atomic E-state index is 13.0. The van der Waals surface area contributed by atoms with E-state index in [-0.39, 0.29) is 40.7 Å². The van der Waals surface area contributed by atoms with Crippen LogP contribution in [0, 0.1) is 5.92 Å². The second-order valence-corrected chi connectivity index (χ2v) is 11.5. The van der Waals surface area contributed by atoms with Gasteiger partial charge in [0.05, 0.1) is 29.1 Å². The van der Waals surface area contributed by atoms with Gasteiger partial charge in [0.2, 0.25) is 5.91 Å². The van der Waals surface area contributed by atoms with Crippen LogP contribution in [0.4, 0.5) is 0 Å². The van der Waals surface area contributed by atoms with E-state index in [1.54, 1.807) is 9.58 Å². The molecule has 1 aliphatic heterocycles. The third-order valence-electron chi connectivity index (χ3n) is 5.28. The van der Waals surface area contributed by atoms with Crippen LogP contribution in [0.2, 0.25) is 0 Å². The van der Waals surface area contributed by atoms with Gasteiger partial charge in [0.1, 0.15) is 5.39 Å². The molecule has 11 heteroatoms. The Labute approximate surface area is 190 Å². The fourth-order valence-corrected chi connectivity index (χ4v) is 6.28. The number of hydrogen-bond donors (Lipinski definition) is 1. The lowest BCUT2D eigenvalue weighted by Gasteiger charge is -2.29. The number of aromatic nitrogens is 4. The van der Waals surface area contributed by atoms with Crippen LogP contribution >= 0.6 is 11.8 Å². The molecule has 1 amide bonds. The average molecular weight is 476 g/mol. The largest absolute Gasteiger partial charge is 0.338 e. The Bertz CT molecular complexity index is 1280. The summed E-state index contributed by atoms with van der Waals surface area (Å²) >= 11 is 1.13. The summed E-state index contributed by atoms with van der Waals surface area (Å²) in [7, 11) is -3.10. The van der Waals surface area contributed by atoms with E-state index in [0.717, 1.165) is 17.4 Å². The molecule has 0 spiro atoms. The molecule has 1 unspecified atom stereocenters. The Balaban J connectivity index is 1.55. The van der Waals surface area contributed by atoms with Crippen molar-refractivity contribution in [1.29, 1.82) is 0 Å². The summed E-state index contributed by atoms with van der Waals surface area (Å²) < 4.78 is 25.4. The van der Waals surface area contributed by atoms with E-state index in [9.17, 15) is 18.0 Å². The number of fused-ring (bicyclic) bond motifs is 1. The first-order valence-corrected chi connectivity index (χ1v) is 13.2. The second kappa shape index (κ2) is 9.07. The van der Waals surface area contributed by atoms with Gasteiger partial charge in [0.15, 0.2) is 20.6 Å². The molecule has 1 fully saturated rings. The molecule has 1 N–H and O–H groups in total. The number of benzene rings is 1. The maximum atomic E-state index is 13.0. The molecule has 1 aromatic carbocycles. The minimum Gasteiger partial charge on any atom is -0.338 e. The number of hydrogen-bond acceptors (Lipinski definition) is 7. The van der Waals surface area contributed by atoms with Crippen LogP contribution < -0.4 is 5.56 Å². The van der Waals surface area contributed by atoms with Crippen LogP contribution in [-0.2, 0) is 14.6 Å². The number of sulfone groups is 1. The van der Waals surface area contributed by atoms with E-state index >= 15 is 0 Å². The summed E-state index contributed by atoms with van der Waals surface area (Å²) in [6.07, 6.45) is 1.93. The van der Waals surface area contributed by atoms with Crippen molar-refractivity contribution in [2.45, 2.75) is 31.5 Å². The van der Waals surface area contributed by atoms with E-state index in [2.05, 4.69) is 15.1 Å². The maximum Gasteiger partial charge on any atom is 0.262 e. The van der Waals surface area contributed by atoms with Gasteiger partial charge in [-0.3, -0.25) is 9.59 Å². The molecule has 1 aliphatic rings. The fourth-order valence-electron chi connectivity index (χ4n) is 3.81. The highest BCUT2D eigenvalue weighted by atomic mass is 32.2. The number of thioether (sulfide) groups is 1. The molecule has 4 rings (SSSR count). The number of carbonyl (C=O) groups is 1. The first-order chi connectivity index (χ1) is 15.2. The van der Waals surface area contributed by atoms with Gasteiger partial charge in [-0.15, -0.1) is 0 Å². The van der Waals surface area contributed by atoms with Crippen LogP contribution in [0.15, 0.2) is 46.5 Å². The topological polar surface area (TPSA) is 118 Å². The molecule has 32 heavy (non-hydrogen) atoms. The van der Waals surface area contributed by atoms with Crippen molar-refractivity contribution in [2.24, 2.45) is 5.92 Å². The van der Waals surface area contributed by atoms with Gasteiger partial charge in [-0.1, -0.05) is 43.8 Å². The number of aromatic amines is 1. The Hall–Kier alpha value is -2.66. The van der Waals surface area contributed by atoms with E-state index in [1.807, 2.05) is 44.2 Å². The molecule has 0 aliphatic carbocycles. The summed E-state index contributed by atoms with van der Waals surface area (Å²) in [6.45, 7) is 4.48. The fraction of sp³-hybridized carbons (Fsp3) is 0.429. The minimum atomic E-state index is -3.10. The monoisotopic (exact) mass is 475 g/mol. The average Bonchev–Trinajstić information content (AvgIpc) is 3.34. The standard InChI is InChI=1S/C21H25N5O4S2/c1-14(2)11-25(16-8-9-32(29,30)13-16)18(27)12-31-21-23-19-17(20(28)24-21)10-22-26(19)15-6-4-3-5-7-15/h3-7,10,14,16H,8-9,11-13H2,1-2H3,(H,23,24,28). The summed E-state index contributed by atoms with van der Waals surface area (Å²) in [5.41, 5.74) is 0.863. The number of rotatable bonds is 7. The molecule has 3 heterocycles. The van der Waals surface area contributed by atoms with Crippen molar-refractivity contribution in [3.8, 4) is 5.69 Å². The molecule has 0 radical (unpaired) electrons. The first-order valence-electron chi connectivity index (χ1n) is 10.4. The summed E-state index contributed by atoms with van der Waals surface area (Å²) in [4.78, 5) is 34.4. The molecular weight excluding hydrogens is 450 g/mol. The number of amides is 1. The van der Waals surface area contributed by atoms with Gasteiger partial charge >= 0.3 is 0 Å². The lowest BCUT2D eigenvalue weighted by Crippen LogP contribution is -2.44. The van der Waals surface area contributed by atoms with E-state index in [4.69, 9.17) is 0 Å². The van der Waals surface area contributed by atoms with Crippen molar-refractivity contribution in [3.63, 3.8) is 0 Å². The number of carbonyl (C=O) groups excluding carboxylic acids is 1. The van der Waals surface area contributed by atoms with Gasteiger partial charge in [0, 0.05) is 12.6 Å². The van der Waals surface area contributed by atoms with Crippen LogP contribution in [0.25, 0.3) is 16.7 Å². The summed E-state index contributed by atoms with van der Waals surface area (Å²) in [6, 6.07) is 9.06. The summed E-state index contributed by atoms with van der Waals surface area (Å²) in [5.74, 6) is 0.221. The third-order valence-corrected chi connectivity index (χ3v) is 7.89. The zero-order chi connectivity index (χ0) is 22.9. The number of para-hydroxylation sites is 1. The van der Waals surface area contributed by atoms with E-state index < -0.39 is 9.84 Å². The number of H-pyrrole nitrogens is 1. The van der Waals surface area contributed by atoms with Gasteiger partial charge < -0.3 is 9.88 Å². The van der Waals surface area contributed by atoms with Crippen molar-refractivity contribution < 1.29 is 13.2 Å². The molecule has 1 atom stereocenters. The molecular formula is C21H25N5O4S2. The molecule has 3 aromatic rings. The predicted molar refractivity (Wildman–Crippen MR) is 124 cm³/mol. The molecule has 0 saturated carbocycles. The summed E-state index contributed by atoms with van der Waals surface area (Å²) in [5, 5.41) is 4.96.